The molecule has 0 bridgehead atoms. The molecule has 0 saturated heterocycles. The van der Waals surface area contributed by atoms with Crippen LogP contribution in [0.15, 0.2) is 199 Å². The lowest BCUT2D eigenvalue weighted by atomic mass is 9.93. The Kier molecular flexibility index (Phi) is 7.18. The molecule has 2 aromatic heterocycles. The standard InChI is InChI=1S/C50H33NO/c1-4-14-35(15-5-1)36-28-26-34(27-29-36)32-46(37-16-6-2-7-17-37)45-24-13-23-44-43-22-12-21-40(49(43)52-50(44)45)38-30-31-42-41-20-10-11-25-47(41)51(48(42)33-38)39-18-8-3-9-19-39/h1-33H/b46-32-. The van der Waals surface area contributed by atoms with E-state index in [4.69, 9.17) is 4.42 Å². The molecule has 0 atom stereocenters. The van der Waals surface area contributed by atoms with Crippen molar-refractivity contribution in [3.8, 4) is 27.9 Å². The summed E-state index contributed by atoms with van der Waals surface area (Å²) in [5, 5.41) is 4.69. The second-order valence-electron chi connectivity index (χ2n) is 13.3. The van der Waals surface area contributed by atoms with Gasteiger partial charge in [0.05, 0.1) is 11.0 Å². The summed E-state index contributed by atoms with van der Waals surface area (Å²) in [4.78, 5) is 0. The van der Waals surface area contributed by atoms with E-state index in [0.29, 0.717) is 0 Å². The van der Waals surface area contributed by atoms with Gasteiger partial charge in [0.1, 0.15) is 11.2 Å². The van der Waals surface area contributed by atoms with Gasteiger partial charge in [0.15, 0.2) is 0 Å². The summed E-state index contributed by atoms with van der Waals surface area (Å²) >= 11 is 0. The van der Waals surface area contributed by atoms with Crippen molar-refractivity contribution in [2.45, 2.75) is 0 Å². The Bertz CT molecular complexity index is 2910. The number of para-hydroxylation sites is 4. The van der Waals surface area contributed by atoms with Crippen LogP contribution in [0.25, 0.3) is 83.3 Å². The first-order valence-corrected chi connectivity index (χ1v) is 17.8. The third-order valence-corrected chi connectivity index (χ3v) is 10.2. The van der Waals surface area contributed by atoms with Crippen LogP contribution in [0.2, 0.25) is 0 Å². The first kappa shape index (κ1) is 30.0. The zero-order chi connectivity index (χ0) is 34.4. The average Bonchev–Trinajstić information content (AvgIpc) is 3.77. The van der Waals surface area contributed by atoms with Gasteiger partial charge in [-0.15, -0.1) is 0 Å². The fourth-order valence-corrected chi connectivity index (χ4v) is 7.76. The third kappa shape index (κ3) is 5.04. The van der Waals surface area contributed by atoms with Crippen molar-refractivity contribution in [3.05, 3.63) is 211 Å². The Morgan fingerprint density at radius 3 is 1.81 bits per heavy atom. The molecule has 0 saturated carbocycles. The summed E-state index contributed by atoms with van der Waals surface area (Å²) in [6.45, 7) is 0. The summed E-state index contributed by atoms with van der Waals surface area (Å²) in [6.07, 6.45) is 2.28. The molecule has 2 nitrogen and oxygen atoms in total. The van der Waals surface area contributed by atoms with Crippen molar-refractivity contribution in [2.75, 3.05) is 0 Å². The van der Waals surface area contributed by atoms with Gasteiger partial charge in [-0.2, -0.15) is 0 Å². The highest BCUT2D eigenvalue weighted by Crippen LogP contribution is 2.42. The van der Waals surface area contributed by atoms with Crippen LogP contribution in [0.3, 0.4) is 0 Å². The minimum absolute atomic E-state index is 0.889. The molecular formula is C50H33NO. The maximum Gasteiger partial charge on any atom is 0.143 e. The highest BCUT2D eigenvalue weighted by molar-refractivity contribution is 6.15. The van der Waals surface area contributed by atoms with Gasteiger partial charge in [0.2, 0.25) is 0 Å². The van der Waals surface area contributed by atoms with Crippen LogP contribution in [0.4, 0.5) is 0 Å². The minimum atomic E-state index is 0.889. The predicted molar refractivity (Wildman–Crippen MR) is 219 cm³/mol. The van der Waals surface area contributed by atoms with Gasteiger partial charge in [-0.1, -0.05) is 170 Å². The maximum atomic E-state index is 7.02. The van der Waals surface area contributed by atoms with Crippen molar-refractivity contribution in [2.24, 2.45) is 0 Å². The SMILES string of the molecule is C(=C(\c1ccccc1)c1cccc2c1oc1c(-c3ccc4c5ccccc5n(-c5ccccc5)c4c3)cccc12)/c1ccc(-c2ccccc2)cc1. The number of hydrogen-bond donors (Lipinski definition) is 0. The van der Waals surface area contributed by atoms with E-state index < -0.39 is 0 Å². The van der Waals surface area contributed by atoms with Crippen LogP contribution < -0.4 is 0 Å². The van der Waals surface area contributed by atoms with Crippen LogP contribution in [-0.4, -0.2) is 4.57 Å². The minimum Gasteiger partial charge on any atom is -0.455 e. The van der Waals surface area contributed by atoms with Crippen LogP contribution in [0.1, 0.15) is 16.7 Å². The number of fused-ring (bicyclic) bond motifs is 6. The van der Waals surface area contributed by atoms with Crippen molar-refractivity contribution in [1.82, 2.24) is 4.57 Å². The van der Waals surface area contributed by atoms with E-state index in [1.165, 1.54) is 32.9 Å². The van der Waals surface area contributed by atoms with E-state index in [1.807, 2.05) is 0 Å². The Morgan fingerprint density at radius 2 is 1.02 bits per heavy atom. The van der Waals surface area contributed by atoms with Crippen LogP contribution in [0, 0.1) is 0 Å². The fraction of sp³-hybridized carbons (Fsp3) is 0. The zero-order valence-corrected chi connectivity index (χ0v) is 28.4. The Hall–Kier alpha value is -6.90. The second-order valence-corrected chi connectivity index (χ2v) is 13.3. The summed E-state index contributed by atoms with van der Waals surface area (Å²) in [7, 11) is 0. The molecule has 8 aromatic carbocycles. The number of nitrogens with zero attached hydrogens (tertiary/aromatic N) is 1. The van der Waals surface area contributed by atoms with E-state index in [9.17, 15) is 0 Å². The lowest BCUT2D eigenvalue weighted by Crippen LogP contribution is -1.93. The van der Waals surface area contributed by atoms with Gasteiger partial charge in [-0.3, -0.25) is 0 Å². The third-order valence-electron chi connectivity index (χ3n) is 10.2. The van der Waals surface area contributed by atoms with Crippen molar-refractivity contribution >= 4 is 55.4 Å². The van der Waals surface area contributed by atoms with Crippen LogP contribution in [-0.2, 0) is 0 Å². The first-order valence-electron chi connectivity index (χ1n) is 17.8. The average molecular weight is 664 g/mol. The molecule has 0 aliphatic heterocycles. The highest BCUT2D eigenvalue weighted by Gasteiger charge is 2.19. The summed E-state index contributed by atoms with van der Waals surface area (Å²) in [6, 6.07) is 69.1. The molecule has 244 valence electrons. The molecule has 0 aliphatic carbocycles. The normalized spacial score (nSPS) is 12.0. The Labute approximate surface area is 302 Å². The van der Waals surface area contributed by atoms with Crippen molar-refractivity contribution in [3.63, 3.8) is 0 Å². The lowest BCUT2D eigenvalue weighted by Gasteiger charge is -2.10. The molecule has 2 heterocycles. The molecule has 0 N–H and O–H groups in total. The van der Waals surface area contributed by atoms with E-state index in [-0.39, 0.29) is 0 Å². The highest BCUT2D eigenvalue weighted by atomic mass is 16.3. The summed E-state index contributed by atoms with van der Waals surface area (Å²) in [5.74, 6) is 0. The number of hydrogen-bond acceptors (Lipinski definition) is 1. The molecule has 10 aromatic rings. The number of rotatable bonds is 6. The number of aromatic nitrogens is 1. The van der Waals surface area contributed by atoms with Crippen molar-refractivity contribution in [1.29, 1.82) is 0 Å². The van der Waals surface area contributed by atoms with Gasteiger partial charge in [0, 0.05) is 38.4 Å². The Morgan fingerprint density at radius 1 is 0.423 bits per heavy atom. The molecule has 10 rings (SSSR count). The van der Waals surface area contributed by atoms with Gasteiger partial charge in [0.25, 0.3) is 0 Å². The molecule has 2 heteroatoms. The topological polar surface area (TPSA) is 18.1 Å². The molecule has 52 heavy (non-hydrogen) atoms. The first-order chi connectivity index (χ1) is 25.8. The van der Waals surface area contributed by atoms with E-state index in [0.717, 1.165) is 61.0 Å². The van der Waals surface area contributed by atoms with Crippen LogP contribution in [0.5, 0.6) is 0 Å². The Balaban J connectivity index is 1.15. The molecule has 0 aliphatic rings. The largest absolute Gasteiger partial charge is 0.455 e. The molecule has 0 spiro atoms. The lowest BCUT2D eigenvalue weighted by molar-refractivity contribution is 0.669. The maximum absolute atomic E-state index is 7.02. The number of furan rings is 1. The van der Waals surface area contributed by atoms with Crippen molar-refractivity contribution < 1.29 is 4.42 Å². The van der Waals surface area contributed by atoms with E-state index in [1.54, 1.807) is 0 Å². The van der Waals surface area contributed by atoms with Gasteiger partial charge >= 0.3 is 0 Å². The fourth-order valence-electron chi connectivity index (χ4n) is 7.76. The summed E-state index contributed by atoms with van der Waals surface area (Å²) < 4.78 is 9.39. The molecule has 0 radical (unpaired) electrons. The molecular weight excluding hydrogens is 631 g/mol. The monoisotopic (exact) mass is 663 g/mol. The second kappa shape index (κ2) is 12.5. The van der Waals surface area contributed by atoms with Crippen LogP contribution >= 0.6 is 0 Å². The van der Waals surface area contributed by atoms with Gasteiger partial charge < -0.3 is 8.98 Å². The molecule has 0 fully saturated rings. The molecule has 0 unspecified atom stereocenters. The van der Waals surface area contributed by atoms with E-state index >= 15 is 0 Å². The smallest absolute Gasteiger partial charge is 0.143 e. The van der Waals surface area contributed by atoms with Gasteiger partial charge in [-0.25, -0.2) is 0 Å². The predicted octanol–water partition coefficient (Wildman–Crippen LogP) is 13.6. The zero-order valence-electron chi connectivity index (χ0n) is 28.4. The summed E-state index contributed by atoms with van der Waals surface area (Å²) in [5.41, 5.74) is 14.4. The quantitative estimate of drug-likeness (QED) is 0.162. The molecule has 0 amide bonds. The number of benzene rings is 8. The van der Waals surface area contributed by atoms with E-state index in [2.05, 4.69) is 205 Å². The van der Waals surface area contributed by atoms with Gasteiger partial charge in [-0.05, 0) is 63.7 Å².